The number of nitrogens with zero attached hydrogens (tertiary/aromatic N) is 1. The van der Waals surface area contributed by atoms with E-state index in [0.29, 0.717) is 18.7 Å². The third kappa shape index (κ3) is 3.59. The number of rotatable bonds is 5. The highest BCUT2D eigenvalue weighted by Gasteiger charge is 2.03. The number of pyridine rings is 1. The van der Waals surface area contributed by atoms with Crippen LogP contribution in [0.2, 0.25) is 0 Å². The summed E-state index contributed by atoms with van der Waals surface area (Å²) in [6, 6.07) is 12.9. The number of nitrogens with one attached hydrogen (secondary N) is 1. The van der Waals surface area contributed by atoms with Gasteiger partial charge in [-0.2, -0.15) is 0 Å². The highest BCUT2D eigenvalue weighted by atomic mass is 16.5. The van der Waals surface area contributed by atoms with Crippen molar-refractivity contribution < 1.29 is 9.53 Å². The van der Waals surface area contributed by atoms with Crippen molar-refractivity contribution in [3.05, 3.63) is 60.4 Å². The van der Waals surface area contributed by atoms with Gasteiger partial charge in [0.25, 0.3) is 5.91 Å². The Morgan fingerprint density at radius 1 is 1.11 bits per heavy atom. The first-order chi connectivity index (χ1) is 8.86. The maximum Gasteiger partial charge on any atom is 0.251 e. The van der Waals surface area contributed by atoms with Crippen LogP contribution < -0.4 is 10.1 Å². The van der Waals surface area contributed by atoms with Crippen LogP contribution in [-0.4, -0.2) is 24.0 Å². The third-order valence-electron chi connectivity index (χ3n) is 2.34. The summed E-state index contributed by atoms with van der Waals surface area (Å²) in [6.07, 6.45) is 3.19. The van der Waals surface area contributed by atoms with E-state index < -0.39 is 0 Å². The van der Waals surface area contributed by atoms with E-state index in [-0.39, 0.29) is 5.91 Å². The molecule has 2 rings (SSSR count). The Morgan fingerprint density at radius 2 is 1.83 bits per heavy atom. The molecule has 1 heterocycles. The van der Waals surface area contributed by atoms with Crippen LogP contribution in [-0.2, 0) is 0 Å². The minimum atomic E-state index is -0.117. The third-order valence-corrected chi connectivity index (χ3v) is 2.34. The van der Waals surface area contributed by atoms with Crippen molar-refractivity contribution in [2.75, 3.05) is 13.2 Å². The average Bonchev–Trinajstić information content (AvgIpc) is 2.45. The molecule has 0 aliphatic heterocycles. The monoisotopic (exact) mass is 242 g/mol. The Bertz CT molecular complexity index is 486. The number of ether oxygens (including phenoxy) is 1. The van der Waals surface area contributed by atoms with E-state index in [4.69, 9.17) is 4.74 Å². The average molecular weight is 242 g/mol. The summed E-state index contributed by atoms with van der Waals surface area (Å²) >= 11 is 0. The van der Waals surface area contributed by atoms with E-state index in [1.54, 1.807) is 24.5 Å². The van der Waals surface area contributed by atoms with Crippen LogP contribution in [0.3, 0.4) is 0 Å². The van der Waals surface area contributed by atoms with Gasteiger partial charge in [-0.1, -0.05) is 18.2 Å². The summed E-state index contributed by atoms with van der Waals surface area (Å²) in [4.78, 5) is 15.5. The predicted molar refractivity (Wildman–Crippen MR) is 68.5 cm³/mol. The van der Waals surface area contributed by atoms with Crippen LogP contribution in [0.25, 0.3) is 0 Å². The van der Waals surface area contributed by atoms with Gasteiger partial charge in [0.15, 0.2) is 0 Å². The first kappa shape index (κ1) is 12.1. The van der Waals surface area contributed by atoms with Crippen molar-refractivity contribution >= 4 is 5.91 Å². The SMILES string of the molecule is O=C(NCCOc1ccccc1)c1ccncc1. The fourth-order valence-electron chi connectivity index (χ4n) is 1.46. The van der Waals surface area contributed by atoms with Gasteiger partial charge in [-0.05, 0) is 24.3 Å². The highest BCUT2D eigenvalue weighted by molar-refractivity contribution is 5.93. The van der Waals surface area contributed by atoms with Crippen molar-refractivity contribution in [3.63, 3.8) is 0 Å². The zero-order valence-electron chi connectivity index (χ0n) is 9.87. The smallest absolute Gasteiger partial charge is 0.251 e. The summed E-state index contributed by atoms with van der Waals surface area (Å²) in [5, 5.41) is 2.78. The minimum Gasteiger partial charge on any atom is -0.492 e. The van der Waals surface area contributed by atoms with Crippen LogP contribution >= 0.6 is 0 Å². The molecular weight excluding hydrogens is 228 g/mol. The summed E-state index contributed by atoms with van der Waals surface area (Å²) in [7, 11) is 0. The molecule has 0 radical (unpaired) electrons. The Kier molecular flexibility index (Phi) is 4.30. The van der Waals surface area contributed by atoms with E-state index in [2.05, 4.69) is 10.3 Å². The molecule has 18 heavy (non-hydrogen) atoms. The lowest BCUT2D eigenvalue weighted by atomic mass is 10.2. The molecule has 0 saturated carbocycles. The summed E-state index contributed by atoms with van der Waals surface area (Å²) in [6.45, 7) is 0.914. The Morgan fingerprint density at radius 3 is 2.56 bits per heavy atom. The first-order valence-electron chi connectivity index (χ1n) is 5.72. The van der Waals surface area contributed by atoms with E-state index in [9.17, 15) is 4.79 Å². The molecule has 0 fully saturated rings. The highest BCUT2D eigenvalue weighted by Crippen LogP contribution is 2.07. The van der Waals surface area contributed by atoms with Gasteiger partial charge in [-0.25, -0.2) is 0 Å². The van der Waals surface area contributed by atoms with E-state index in [1.165, 1.54) is 0 Å². The predicted octanol–water partition coefficient (Wildman–Crippen LogP) is 1.89. The molecule has 0 aliphatic carbocycles. The molecule has 0 bridgehead atoms. The van der Waals surface area contributed by atoms with Gasteiger partial charge in [0.05, 0.1) is 6.54 Å². The van der Waals surface area contributed by atoms with Crippen LogP contribution in [0.4, 0.5) is 0 Å². The first-order valence-corrected chi connectivity index (χ1v) is 5.72. The zero-order chi connectivity index (χ0) is 12.6. The molecule has 92 valence electrons. The van der Waals surface area contributed by atoms with Crippen molar-refractivity contribution in [2.45, 2.75) is 0 Å². The van der Waals surface area contributed by atoms with Gasteiger partial charge in [-0.3, -0.25) is 9.78 Å². The molecule has 0 unspecified atom stereocenters. The standard InChI is InChI=1S/C14H14N2O2/c17-14(12-6-8-15-9-7-12)16-10-11-18-13-4-2-1-3-5-13/h1-9H,10-11H2,(H,16,17). The number of para-hydroxylation sites is 1. The number of carbonyl (C=O) groups excluding carboxylic acids is 1. The minimum absolute atomic E-state index is 0.117. The van der Waals surface area contributed by atoms with Crippen molar-refractivity contribution in [2.24, 2.45) is 0 Å². The van der Waals surface area contributed by atoms with Gasteiger partial charge < -0.3 is 10.1 Å². The molecular formula is C14H14N2O2. The lowest BCUT2D eigenvalue weighted by Crippen LogP contribution is -2.28. The number of hydrogen-bond acceptors (Lipinski definition) is 3. The second kappa shape index (κ2) is 6.39. The molecule has 0 spiro atoms. The lowest BCUT2D eigenvalue weighted by Gasteiger charge is -2.07. The second-order valence-corrected chi connectivity index (χ2v) is 3.65. The molecule has 0 aliphatic rings. The van der Waals surface area contributed by atoms with Gasteiger partial charge in [0, 0.05) is 18.0 Å². The Hall–Kier alpha value is -2.36. The van der Waals surface area contributed by atoms with Gasteiger partial charge in [0.1, 0.15) is 12.4 Å². The fourth-order valence-corrected chi connectivity index (χ4v) is 1.46. The van der Waals surface area contributed by atoms with Crippen molar-refractivity contribution in [1.29, 1.82) is 0 Å². The number of amides is 1. The summed E-state index contributed by atoms with van der Waals surface area (Å²) in [5.74, 6) is 0.685. The molecule has 4 heteroatoms. The number of benzene rings is 1. The summed E-state index contributed by atoms with van der Waals surface area (Å²) < 4.78 is 5.47. The van der Waals surface area contributed by atoms with Crippen LogP contribution in [0.1, 0.15) is 10.4 Å². The van der Waals surface area contributed by atoms with E-state index in [1.807, 2.05) is 30.3 Å². The molecule has 1 amide bonds. The molecule has 4 nitrogen and oxygen atoms in total. The quantitative estimate of drug-likeness (QED) is 0.814. The van der Waals surface area contributed by atoms with Gasteiger partial charge >= 0.3 is 0 Å². The fraction of sp³-hybridized carbons (Fsp3) is 0.143. The maximum absolute atomic E-state index is 11.7. The van der Waals surface area contributed by atoms with Crippen LogP contribution in [0.15, 0.2) is 54.9 Å². The molecule has 1 aromatic carbocycles. The van der Waals surface area contributed by atoms with Crippen molar-refractivity contribution in [3.8, 4) is 5.75 Å². The summed E-state index contributed by atoms with van der Waals surface area (Å²) in [5.41, 5.74) is 0.602. The normalized spacial score (nSPS) is 9.78. The zero-order valence-corrected chi connectivity index (χ0v) is 9.87. The maximum atomic E-state index is 11.7. The van der Waals surface area contributed by atoms with Gasteiger partial charge in [0.2, 0.25) is 0 Å². The lowest BCUT2D eigenvalue weighted by molar-refractivity contribution is 0.0947. The van der Waals surface area contributed by atoms with Crippen LogP contribution in [0, 0.1) is 0 Å². The van der Waals surface area contributed by atoms with Crippen LogP contribution in [0.5, 0.6) is 5.75 Å². The number of carbonyl (C=O) groups is 1. The molecule has 2 aromatic rings. The largest absolute Gasteiger partial charge is 0.492 e. The Balaban J connectivity index is 1.72. The Labute approximate surface area is 106 Å². The molecule has 0 atom stereocenters. The van der Waals surface area contributed by atoms with E-state index >= 15 is 0 Å². The van der Waals surface area contributed by atoms with Crippen molar-refractivity contribution in [1.82, 2.24) is 10.3 Å². The molecule has 0 saturated heterocycles. The second-order valence-electron chi connectivity index (χ2n) is 3.65. The number of hydrogen-bond donors (Lipinski definition) is 1. The van der Waals surface area contributed by atoms with E-state index in [0.717, 1.165) is 5.75 Å². The number of aromatic nitrogens is 1. The topological polar surface area (TPSA) is 51.2 Å². The molecule has 1 aromatic heterocycles. The molecule has 1 N–H and O–H groups in total. The van der Waals surface area contributed by atoms with Gasteiger partial charge in [-0.15, -0.1) is 0 Å².